The molecule has 0 bridgehead atoms. The van der Waals surface area contributed by atoms with E-state index in [0.717, 1.165) is 12.8 Å². The van der Waals surface area contributed by atoms with E-state index in [1.807, 2.05) is 0 Å². The fraction of sp³-hybridized carbons (Fsp3) is 0.667. The van der Waals surface area contributed by atoms with E-state index in [2.05, 4.69) is 11.6 Å². The van der Waals surface area contributed by atoms with Crippen molar-refractivity contribution in [3.8, 4) is 0 Å². The van der Waals surface area contributed by atoms with Crippen molar-refractivity contribution < 1.29 is 8.42 Å². The van der Waals surface area contributed by atoms with Crippen molar-refractivity contribution >= 4 is 33.2 Å². The quantitative estimate of drug-likeness (QED) is 0.405. The summed E-state index contributed by atoms with van der Waals surface area (Å²) in [6, 6.07) is 4.34. The van der Waals surface area contributed by atoms with Gasteiger partial charge in [-0.05, 0) is 24.6 Å². The molecular formula is C18H29Cl2NO2S. The van der Waals surface area contributed by atoms with Gasteiger partial charge in [0.15, 0.2) is 0 Å². The van der Waals surface area contributed by atoms with Crippen molar-refractivity contribution in [2.24, 2.45) is 0 Å². The van der Waals surface area contributed by atoms with E-state index in [0.29, 0.717) is 16.6 Å². The Morgan fingerprint density at radius 2 is 1.25 bits per heavy atom. The van der Waals surface area contributed by atoms with E-state index in [1.165, 1.54) is 69.6 Å². The van der Waals surface area contributed by atoms with Crippen LogP contribution in [0, 0.1) is 0 Å². The minimum atomic E-state index is -3.53. The van der Waals surface area contributed by atoms with E-state index in [4.69, 9.17) is 23.2 Å². The Kier molecular flexibility index (Phi) is 11.0. The highest BCUT2D eigenvalue weighted by Crippen LogP contribution is 2.22. The van der Waals surface area contributed by atoms with Gasteiger partial charge < -0.3 is 0 Å². The number of hydrogen-bond donors (Lipinski definition) is 1. The predicted octanol–water partition coefficient (Wildman–Crippen LogP) is 6.19. The van der Waals surface area contributed by atoms with Crippen LogP contribution in [0.2, 0.25) is 10.0 Å². The first-order valence-corrected chi connectivity index (χ1v) is 11.2. The minimum Gasteiger partial charge on any atom is -0.211 e. The fourth-order valence-electron chi connectivity index (χ4n) is 2.59. The number of benzene rings is 1. The van der Waals surface area contributed by atoms with Crippen LogP contribution in [0.4, 0.5) is 0 Å². The minimum absolute atomic E-state index is 0.118. The van der Waals surface area contributed by atoms with E-state index >= 15 is 0 Å². The van der Waals surface area contributed by atoms with Gasteiger partial charge in [0.1, 0.15) is 0 Å². The number of rotatable bonds is 13. The van der Waals surface area contributed by atoms with Crippen LogP contribution in [-0.2, 0) is 10.0 Å². The molecule has 0 radical (unpaired) electrons. The van der Waals surface area contributed by atoms with Crippen LogP contribution in [0.15, 0.2) is 23.1 Å². The number of unbranched alkanes of at least 4 members (excludes halogenated alkanes) is 9. The van der Waals surface area contributed by atoms with E-state index in [-0.39, 0.29) is 4.90 Å². The van der Waals surface area contributed by atoms with E-state index in [9.17, 15) is 8.42 Å². The van der Waals surface area contributed by atoms with Crippen molar-refractivity contribution in [2.45, 2.75) is 76.0 Å². The summed E-state index contributed by atoms with van der Waals surface area (Å²) in [7, 11) is -3.53. The summed E-state index contributed by atoms with van der Waals surface area (Å²) in [6.07, 6.45) is 12.2. The lowest BCUT2D eigenvalue weighted by molar-refractivity contribution is 0.549. The monoisotopic (exact) mass is 393 g/mol. The first-order valence-electron chi connectivity index (χ1n) is 8.91. The van der Waals surface area contributed by atoms with Gasteiger partial charge in [0.2, 0.25) is 10.0 Å². The van der Waals surface area contributed by atoms with Gasteiger partial charge in [-0.2, -0.15) is 0 Å². The number of halogens is 2. The molecule has 24 heavy (non-hydrogen) atoms. The van der Waals surface area contributed by atoms with Crippen LogP contribution in [0.3, 0.4) is 0 Å². The number of hydrogen-bond acceptors (Lipinski definition) is 2. The summed E-state index contributed by atoms with van der Waals surface area (Å²) >= 11 is 11.7. The van der Waals surface area contributed by atoms with Crippen LogP contribution < -0.4 is 4.72 Å². The third-order valence-corrected chi connectivity index (χ3v) is 5.85. The summed E-state index contributed by atoms with van der Waals surface area (Å²) in [5, 5.41) is 0.642. The molecule has 1 aromatic carbocycles. The van der Waals surface area contributed by atoms with Crippen LogP contribution in [0.1, 0.15) is 71.1 Å². The fourth-order valence-corrected chi connectivity index (χ4v) is 4.39. The highest BCUT2D eigenvalue weighted by molar-refractivity contribution is 7.89. The Balaban J connectivity index is 2.14. The molecule has 0 heterocycles. The lowest BCUT2D eigenvalue weighted by Gasteiger charge is -2.08. The average molecular weight is 394 g/mol. The summed E-state index contributed by atoms with van der Waals surface area (Å²) in [4.78, 5) is 0.118. The predicted molar refractivity (Wildman–Crippen MR) is 103 cm³/mol. The van der Waals surface area contributed by atoms with Gasteiger partial charge in [-0.15, -0.1) is 0 Å². The maximum absolute atomic E-state index is 12.2. The normalized spacial score (nSPS) is 11.8. The summed E-state index contributed by atoms with van der Waals surface area (Å²) in [5.74, 6) is 0. The maximum atomic E-state index is 12.2. The molecule has 0 aliphatic heterocycles. The second kappa shape index (κ2) is 12.1. The standard InChI is InChI=1S/C18H29Cl2NO2S/c1-2-3-4-5-6-7-8-9-10-11-12-21-24(22,23)18-14-16(19)13-17(20)15-18/h13-15,21H,2-12H2,1H3. The van der Waals surface area contributed by atoms with E-state index < -0.39 is 10.0 Å². The van der Waals surface area contributed by atoms with Gasteiger partial charge in [-0.3, -0.25) is 0 Å². The van der Waals surface area contributed by atoms with Crippen LogP contribution in [0.5, 0.6) is 0 Å². The zero-order chi connectivity index (χ0) is 17.8. The topological polar surface area (TPSA) is 46.2 Å². The Morgan fingerprint density at radius 3 is 1.75 bits per heavy atom. The molecule has 3 nitrogen and oxygen atoms in total. The van der Waals surface area contributed by atoms with Gasteiger partial charge in [-0.1, -0.05) is 87.9 Å². The maximum Gasteiger partial charge on any atom is 0.240 e. The molecule has 0 aliphatic rings. The molecule has 1 aromatic rings. The molecule has 6 heteroatoms. The summed E-state index contributed by atoms with van der Waals surface area (Å²) in [5.41, 5.74) is 0. The molecular weight excluding hydrogens is 365 g/mol. The Labute approximate surface area is 157 Å². The van der Waals surface area contributed by atoms with Gasteiger partial charge in [0.25, 0.3) is 0 Å². The molecule has 0 aliphatic carbocycles. The number of sulfonamides is 1. The molecule has 138 valence electrons. The molecule has 0 spiro atoms. The van der Waals surface area contributed by atoms with Gasteiger partial charge in [-0.25, -0.2) is 13.1 Å². The zero-order valence-electron chi connectivity index (χ0n) is 14.5. The first-order chi connectivity index (χ1) is 11.5. The Bertz CT molecular complexity index is 556. The second-order valence-electron chi connectivity index (χ2n) is 6.18. The lowest BCUT2D eigenvalue weighted by Crippen LogP contribution is -2.24. The molecule has 0 fully saturated rings. The van der Waals surface area contributed by atoms with Gasteiger partial charge >= 0.3 is 0 Å². The number of nitrogens with one attached hydrogen (secondary N) is 1. The van der Waals surface area contributed by atoms with Crippen molar-refractivity contribution in [2.75, 3.05) is 6.54 Å². The Morgan fingerprint density at radius 1 is 0.792 bits per heavy atom. The molecule has 0 atom stereocenters. The lowest BCUT2D eigenvalue weighted by atomic mass is 10.1. The second-order valence-corrected chi connectivity index (χ2v) is 8.82. The smallest absolute Gasteiger partial charge is 0.211 e. The molecule has 0 aromatic heterocycles. The molecule has 1 N–H and O–H groups in total. The van der Waals surface area contributed by atoms with Crippen LogP contribution in [0.25, 0.3) is 0 Å². The van der Waals surface area contributed by atoms with Crippen LogP contribution in [-0.4, -0.2) is 15.0 Å². The van der Waals surface area contributed by atoms with Gasteiger partial charge in [0, 0.05) is 16.6 Å². The molecule has 0 saturated heterocycles. The molecule has 1 rings (SSSR count). The molecule has 0 unspecified atom stereocenters. The highest BCUT2D eigenvalue weighted by Gasteiger charge is 2.14. The molecule has 0 amide bonds. The van der Waals surface area contributed by atoms with Crippen molar-refractivity contribution in [1.82, 2.24) is 4.72 Å². The summed E-state index contributed by atoms with van der Waals surface area (Å²) in [6.45, 7) is 2.68. The Hall–Kier alpha value is -0.290. The SMILES string of the molecule is CCCCCCCCCCCCNS(=O)(=O)c1cc(Cl)cc(Cl)c1. The van der Waals surface area contributed by atoms with Crippen molar-refractivity contribution in [3.63, 3.8) is 0 Å². The third-order valence-electron chi connectivity index (χ3n) is 3.97. The first kappa shape index (κ1) is 21.8. The summed E-state index contributed by atoms with van der Waals surface area (Å²) < 4.78 is 26.9. The van der Waals surface area contributed by atoms with Crippen molar-refractivity contribution in [3.05, 3.63) is 28.2 Å². The highest BCUT2D eigenvalue weighted by atomic mass is 35.5. The van der Waals surface area contributed by atoms with Gasteiger partial charge in [0.05, 0.1) is 4.90 Å². The largest absolute Gasteiger partial charge is 0.240 e. The molecule has 0 saturated carbocycles. The van der Waals surface area contributed by atoms with Crippen LogP contribution >= 0.6 is 23.2 Å². The van der Waals surface area contributed by atoms with E-state index in [1.54, 1.807) is 0 Å². The average Bonchev–Trinajstić information content (AvgIpc) is 2.51. The van der Waals surface area contributed by atoms with Crippen molar-refractivity contribution in [1.29, 1.82) is 0 Å². The third kappa shape index (κ3) is 9.26. The zero-order valence-corrected chi connectivity index (χ0v) is 16.8.